The van der Waals surface area contributed by atoms with E-state index in [9.17, 15) is 13.2 Å². The molecule has 6 nitrogen and oxygen atoms in total. The fraction of sp³-hybridized carbons (Fsp3) is 0.562. The lowest BCUT2D eigenvalue weighted by atomic mass is 9.68. The second kappa shape index (κ2) is 4.55. The molecule has 124 valence electrons. The second-order valence-corrected chi connectivity index (χ2v) is 8.29. The van der Waals surface area contributed by atoms with Crippen molar-refractivity contribution in [3.8, 4) is 0 Å². The van der Waals surface area contributed by atoms with Gasteiger partial charge in [-0.05, 0) is 32.4 Å². The molecule has 0 saturated carbocycles. The van der Waals surface area contributed by atoms with E-state index in [4.69, 9.17) is 13.7 Å². The highest BCUT2D eigenvalue weighted by Gasteiger charge is 2.74. The van der Waals surface area contributed by atoms with Crippen molar-refractivity contribution in [1.29, 1.82) is 0 Å². The lowest BCUT2D eigenvalue weighted by Crippen LogP contribution is -2.46. The summed E-state index contributed by atoms with van der Waals surface area (Å²) in [5, 5.41) is 0. The van der Waals surface area contributed by atoms with Crippen LogP contribution in [0.4, 0.5) is 0 Å². The smallest absolute Gasteiger partial charge is 0.315 e. The van der Waals surface area contributed by atoms with Gasteiger partial charge in [-0.1, -0.05) is 17.7 Å². The highest BCUT2D eigenvalue weighted by Crippen LogP contribution is 2.61. The number of carbonyl (C=O) groups excluding carboxylic acids is 1. The number of fused-ring (bicyclic) bond motifs is 5. The molecule has 0 aliphatic carbocycles. The summed E-state index contributed by atoms with van der Waals surface area (Å²) in [4.78, 5) is 12.2. The first-order chi connectivity index (χ1) is 10.8. The Balaban J connectivity index is 1.69. The van der Waals surface area contributed by atoms with Crippen LogP contribution in [0.25, 0.3) is 0 Å². The van der Waals surface area contributed by atoms with Gasteiger partial charge in [0.15, 0.2) is 5.79 Å². The van der Waals surface area contributed by atoms with Crippen molar-refractivity contribution < 1.29 is 26.9 Å². The van der Waals surface area contributed by atoms with E-state index in [0.29, 0.717) is 12.8 Å². The molecule has 4 atom stereocenters. The largest absolute Gasteiger partial charge is 0.465 e. The second-order valence-electron chi connectivity index (χ2n) is 6.74. The first-order valence-electron chi connectivity index (χ1n) is 7.65. The van der Waals surface area contributed by atoms with Crippen molar-refractivity contribution in [3.05, 3.63) is 29.8 Å². The summed E-state index contributed by atoms with van der Waals surface area (Å²) in [5.74, 6) is -2.03. The molecule has 0 aromatic heterocycles. The number of cyclic esters (lactones) is 1. The van der Waals surface area contributed by atoms with Crippen molar-refractivity contribution in [2.75, 3.05) is 6.61 Å². The maximum atomic E-state index is 12.6. The number of rotatable bonds is 3. The normalized spacial score (nSPS) is 38.6. The fourth-order valence-corrected chi connectivity index (χ4v) is 5.17. The number of esters is 1. The average Bonchev–Trinajstić information content (AvgIpc) is 3.10. The van der Waals surface area contributed by atoms with Crippen molar-refractivity contribution in [3.63, 3.8) is 0 Å². The lowest BCUT2D eigenvalue weighted by molar-refractivity contribution is -0.166. The molecule has 2 bridgehead atoms. The minimum Gasteiger partial charge on any atom is -0.465 e. The minimum absolute atomic E-state index is 0.0865. The van der Waals surface area contributed by atoms with Crippen LogP contribution in [-0.4, -0.2) is 32.9 Å². The Labute approximate surface area is 134 Å². The zero-order chi connectivity index (χ0) is 16.5. The van der Waals surface area contributed by atoms with E-state index in [-0.39, 0.29) is 23.6 Å². The minimum atomic E-state index is -3.98. The Morgan fingerprint density at radius 3 is 2.65 bits per heavy atom. The van der Waals surface area contributed by atoms with Crippen LogP contribution >= 0.6 is 0 Å². The van der Waals surface area contributed by atoms with Crippen molar-refractivity contribution >= 4 is 16.1 Å². The van der Waals surface area contributed by atoms with E-state index in [1.54, 1.807) is 19.1 Å². The van der Waals surface area contributed by atoms with Gasteiger partial charge in [0.2, 0.25) is 0 Å². The number of hydrogen-bond donors (Lipinski definition) is 0. The monoisotopic (exact) mass is 338 g/mol. The van der Waals surface area contributed by atoms with Gasteiger partial charge in [0.25, 0.3) is 10.1 Å². The van der Waals surface area contributed by atoms with Gasteiger partial charge in [-0.3, -0.25) is 4.79 Å². The Morgan fingerprint density at radius 2 is 1.96 bits per heavy atom. The molecular formula is C16H18O6S. The van der Waals surface area contributed by atoms with Gasteiger partial charge in [-0.2, -0.15) is 8.42 Å². The van der Waals surface area contributed by atoms with Crippen LogP contribution in [0.2, 0.25) is 0 Å². The zero-order valence-corrected chi connectivity index (χ0v) is 13.8. The summed E-state index contributed by atoms with van der Waals surface area (Å²) in [5.41, 5.74) is 0.142. The summed E-state index contributed by atoms with van der Waals surface area (Å²) in [7, 11) is -3.98. The van der Waals surface area contributed by atoms with Crippen molar-refractivity contribution in [2.45, 2.75) is 43.5 Å². The first kappa shape index (κ1) is 15.1. The van der Waals surface area contributed by atoms with Gasteiger partial charge in [0.1, 0.15) is 12.0 Å². The molecule has 23 heavy (non-hydrogen) atoms. The Morgan fingerprint density at radius 1 is 1.26 bits per heavy atom. The van der Waals surface area contributed by atoms with Crippen LogP contribution in [0.15, 0.2) is 29.2 Å². The molecule has 3 aliphatic rings. The third kappa shape index (κ3) is 1.93. The molecule has 0 spiro atoms. The van der Waals surface area contributed by atoms with E-state index in [1.165, 1.54) is 12.1 Å². The van der Waals surface area contributed by atoms with Crippen LogP contribution in [0.5, 0.6) is 0 Å². The van der Waals surface area contributed by atoms with E-state index >= 15 is 0 Å². The van der Waals surface area contributed by atoms with Crippen molar-refractivity contribution in [2.24, 2.45) is 11.3 Å². The quantitative estimate of drug-likeness (QED) is 0.617. The number of carbonyl (C=O) groups is 1. The summed E-state index contributed by atoms with van der Waals surface area (Å²) in [6.45, 7) is 3.79. The number of aryl methyl sites for hydroxylation is 1. The zero-order valence-electron chi connectivity index (χ0n) is 12.9. The molecule has 1 aromatic carbocycles. The topological polar surface area (TPSA) is 78.9 Å². The Bertz CT molecular complexity index is 770. The van der Waals surface area contributed by atoms with E-state index < -0.39 is 27.2 Å². The summed E-state index contributed by atoms with van der Waals surface area (Å²) < 4.78 is 41.9. The summed E-state index contributed by atoms with van der Waals surface area (Å²) in [6, 6.07) is 6.46. The van der Waals surface area contributed by atoms with Crippen LogP contribution < -0.4 is 0 Å². The van der Waals surface area contributed by atoms with Gasteiger partial charge in [-0.25, -0.2) is 4.18 Å². The summed E-state index contributed by atoms with van der Waals surface area (Å²) in [6.07, 6.45) is 0.682. The van der Waals surface area contributed by atoms with Gasteiger partial charge >= 0.3 is 5.97 Å². The molecule has 4 rings (SSSR count). The Hall–Kier alpha value is -1.44. The third-order valence-corrected chi connectivity index (χ3v) is 6.75. The Kier molecular flexibility index (Phi) is 2.99. The van der Waals surface area contributed by atoms with Gasteiger partial charge in [0, 0.05) is 6.42 Å². The van der Waals surface area contributed by atoms with Crippen LogP contribution in [-0.2, 0) is 28.6 Å². The molecule has 3 aliphatic heterocycles. The summed E-state index contributed by atoms with van der Waals surface area (Å²) >= 11 is 0. The molecule has 7 heteroatoms. The van der Waals surface area contributed by atoms with Gasteiger partial charge in [0.05, 0.1) is 16.9 Å². The third-order valence-electron chi connectivity index (χ3n) is 5.40. The molecule has 0 unspecified atom stereocenters. The predicted molar refractivity (Wildman–Crippen MR) is 78.8 cm³/mol. The molecule has 3 heterocycles. The first-order valence-corrected chi connectivity index (χ1v) is 9.06. The SMILES string of the molecule is Cc1ccc(S(=O)(=O)O[C@@]23CC[C@@H](O2)[C@@]2(C)C(=O)OC[C@H]32)cc1. The number of ether oxygens (including phenoxy) is 2. The van der Waals surface area contributed by atoms with E-state index in [1.807, 2.05) is 6.92 Å². The molecule has 0 N–H and O–H groups in total. The maximum absolute atomic E-state index is 12.6. The molecule has 3 saturated heterocycles. The lowest BCUT2D eigenvalue weighted by Gasteiger charge is -2.33. The van der Waals surface area contributed by atoms with Crippen molar-refractivity contribution in [1.82, 2.24) is 0 Å². The van der Waals surface area contributed by atoms with Crippen LogP contribution in [0.3, 0.4) is 0 Å². The molecular weight excluding hydrogens is 320 g/mol. The van der Waals surface area contributed by atoms with E-state index in [2.05, 4.69) is 0 Å². The molecule has 0 amide bonds. The maximum Gasteiger partial charge on any atom is 0.315 e. The molecule has 0 radical (unpaired) electrons. The fourth-order valence-electron chi connectivity index (χ4n) is 4.00. The van der Waals surface area contributed by atoms with Gasteiger partial charge < -0.3 is 9.47 Å². The predicted octanol–water partition coefficient (Wildman–Crippen LogP) is 1.77. The molecule has 3 fully saturated rings. The highest BCUT2D eigenvalue weighted by atomic mass is 32.2. The standard InChI is InChI=1S/C16H18O6S/c1-10-3-5-11(6-4-10)23(18,19)22-16-8-7-13(21-16)15(2)12(16)9-20-14(15)17/h3-6,12-13H,7-9H2,1-2H3/t12-,13+,15-,16+/m0/s1. The van der Waals surface area contributed by atoms with Crippen LogP contribution in [0, 0.1) is 18.3 Å². The van der Waals surface area contributed by atoms with Crippen LogP contribution in [0.1, 0.15) is 25.3 Å². The molecule has 1 aromatic rings. The van der Waals surface area contributed by atoms with Gasteiger partial charge in [-0.15, -0.1) is 0 Å². The number of hydrogen-bond acceptors (Lipinski definition) is 6. The van der Waals surface area contributed by atoms with E-state index in [0.717, 1.165) is 5.56 Å². The highest BCUT2D eigenvalue weighted by molar-refractivity contribution is 7.86. The average molecular weight is 338 g/mol. The number of benzene rings is 1.